The summed E-state index contributed by atoms with van der Waals surface area (Å²) in [6, 6.07) is 15.1. The minimum absolute atomic E-state index is 0.302. The molecule has 186 valence electrons. The molecule has 1 saturated heterocycles. The van der Waals surface area contributed by atoms with E-state index in [1.54, 1.807) is 34.3 Å². The van der Waals surface area contributed by atoms with Crippen LogP contribution in [0.25, 0.3) is 11.0 Å². The van der Waals surface area contributed by atoms with Crippen molar-refractivity contribution in [3.63, 3.8) is 0 Å². The Morgan fingerprint density at radius 1 is 1.26 bits per heavy atom. The fourth-order valence-corrected chi connectivity index (χ4v) is 7.04. The van der Waals surface area contributed by atoms with E-state index in [-0.39, 0.29) is 0 Å². The van der Waals surface area contributed by atoms with Crippen molar-refractivity contribution in [2.45, 2.75) is 55.5 Å². The van der Waals surface area contributed by atoms with E-state index in [4.69, 9.17) is 9.72 Å². The van der Waals surface area contributed by atoms with Crippen LogP contribution >= 0.6 is 11.8 Å². The zero-order chi connectivity index (χ0) is 24.8. The third-order valence-electron chi connectivity index (χ3n) is 6.24. The standard InChI is InChI=1S/C26H32N4O3S2/c1-3-33-14-6-13-30-25-11-10-23(35(31,32)29-12-5-7-20(2)18-29)16-24(25)28-26(30)34-19-22-9-4-8-21(15-22)17-27/h4,8-11,15-16,20H,3,5-7,12-14,18-19H2,1-2H3. The van der Waals surface area contributed by atoms with Crippen LogP contribution in [0.5, 0.6) is 0 Å². The first-order valence-electron chi connectivity index (χ1n) is 12.1. The minimum Gasteiger partial charge on any atom is -0.382 e. The van der Waals surface area contributed by atoms with Crippen LogP contribution in [0.2, 0.25) is 0 Å². The molecule has 0 radical (unpaired) electrons. The average molecular weight is 513 g/mol. The van der Waals surface area contributed by atoms with E-state index in [9.17, 15) is 13.7 Å². The number of thioether (sulfide) groups is 1. The Bertz CT molecular complexity index is 1310. The number of hydrogen-bond acceptors (Lipinski definition) is 6. The summed E-state index contributed by atoms with van der Waals surface area (Å²) in [6.07, 6.45) is 2.79. The van der Waals surface area contributed by atoms with Gasteiger partial charge in [0.1, 0.15) is 0 Å². The molecule has 1 aromatic heterocycles. The topological polar surface area (TPSA) is 88.2 Å². The Morgan fingerprint density at radius 3 is 2.89 bits per heavy atom. The van der Waals surface area contributed by atoms with Crippen molar-refractivity contribution in [1.82, 2.24) is 13.9 Å². The Kier molecular flexibility index (Phi) is 8.50. The van der Waals surface area contributed by atoms with E-state index in [0.29, 0.717) is 53.9 Å². The third-order valence-corrected chi connectivity index (χ3v) is 9.15. The number of imidazole rings is 1. The molecule has 0 saturated carbocycles. The summed E-state index contributed by atoms with van der Waals surface area (Å²) in [7, 11) is -3.55. The Balaban J connectivity index is 1.63. The van der Waals surface area contributed by atoms with Crippen LogP contribution in [0, 0.1) is 17.2 Å². The molecule has 0 bridgehead atoms. The van der Waals surface area contributed by atoms with Crippen LogP contribution in [0.15, 0.2) is 52.5 Å². The van der Waals surface area contributed by atoms with Gasteiger partial charge in [-0.05, 0) is 68.0 Å². The first-order chi connectivity index (χ1) is 16.9. The van der Waals surface area contributed by atoms with Crippen molar-refractivity contribution in [2.75, 3.05) is 26.3 Å². The van der Waals surface area contributed by atoms with Crippen LogP contribution < -0.4 is 0 Å². The highest BCUT2D eigenvalue weighted by Crippen LogP contribution is 2.30. The molecular weight excluding hydrogens is 480 g/mol. The first kappa shape index (κ1) is 25.7. The molecule has 0 aliphatic carbocycles. The van der Waals surface area contributed by atoms with Gasteiger partial charge in [-0.15, -0.1) is 0 Å². The lowest BCUT2D eigenvalue weighted by atomic mass is 10.0. The highest BCUT2D eigenvalue weighted by Gasteiger charge is 2.29. The fraction of sp³-hybridized carbons (Fsp3) is 0.462. The number of hydrogen-bond donors (Lipinski definition) is 0. The Morgan fingerprint density at radius 2 is 2.11 bits per heavy atom. The van der Waals surface area contributed by atoms with Gasteiger partial charge < -0.3 is 9.30 Å². The summed E-state index contributed by atoms with van der Waals surface area (Å²) in [5, 5.41) is 10.0. The van der Waals surface area contributed by atoms with Gasteiger partial charge in [0.25, 0.3) is 0 Å². The van der Waals surface area contributed by atoms with Crippen molar-refractivity contribution in [3.8, 4) is 6.07 Å². The monoisotopic (exact) mass is 512 g/mol. The predicted octanol–water partition coefficient (Wildman–Crippen LogP) is 5.05. The van der Waals surface area contributed by atoms with Crippen molar-refractivity contribution in [3.05, 3.63) is 53.6 Å². The van der Waals surface area contributed by atoms with Gasteiger partial charge in [-0.2, -0.15) is 9.57 Å². The Hall–Kier alpha value is -2.38. The van der Waals surface area contributed by atoms with Crippen LogP contribution in [0.1, 0.15) is 44.2 Å². The number of rotatable bonds is 10. The maximum Gasteiger partial charge on any atom is 0.243 e. The average Bonchev–Trinajstić information content (AvgIpc) is 3.22. The summed E-state index contributed by atoms with van der Waals surface area (Å²) in [5.74, 6) is 1.04. The van der Waals surface area contributed by atoms with Gasteiger partial charge in [-0.25, -0.2) is 13.4 Å². The summed E-state index contributed by atoms with van der Waals surface area (Å²) in [4.78, 5) is 5.14. The summed E-state index contributed by atoms with van der Waals surface area (Å²) < 4.78 is 35.9. The summed E-state index contributed by atoms with van der Waals surface area (Å²) >= 11 is 1.59. The first-order valence-corrected chi connectivity index (χ1v) is 14.5. The highest BCUT2D eigenvalue weighted by molar-refractivity contribution is 7.98. The van der Waals surface area contributed by atoms with Gasteiger partial charge in [-0.1, -0.05) is 30.8 Å². The number of aromatic nitrogens is 2. The quantitative estimate of drug-likeness (QED) is 0.279. The van der Waals surface area contributed by atoms with Gasteiger partial charge >= 0.3 is 0 Å². The van der Waals surface area contributed by atoms with Gasteiger partial charge in [0.05, 0.1) is 27.6 Å². The molecule has 7 nitrogen and oxygen atoms in total. The number of piperidine rings is 1. The number of fused-ring (bicyclic) bond motifs is 1. The molecule has 0 amide bonds. The van der Waals surface area contributed by atoms with Gasteiger partial charge in [0.2, 0.25) is 10.0 Å². The van der Waals surface area contributed by atoms with E-state index < -0.39 is 10.0 Å². The van der Waals surface area contributed by atoms with E-state index in [1.807, 2.05) is 31.2 Å². The second-order valence-corrected chi connectivity index (χ2v) is 11.8. The molecule has 1 aliphatic heterocycles. The van der Waals surface area contributed by atoms with E-state index in [1.165, 1.54) is 0 Å². The highest BCUT2D eigenvalue weighted by atomic mass is 32.2. The number of sulfonamides is 1. The van der Waals surface area contributed by atoms with Crippen molar-refractivity contribution >= 4 is 32.8 Å². The number of benzene rings is 2. The number of nitrogens with zero attached hydrogens (tertiary/aromatic N) is 4. The molecule has 35 heavy (non-hydrogen) atoms. The zero-order valence-electron chi connectivity index (χ0n) is 20.3. The lowest BCUT2D eigenvalue weighted by molar-refractivity contribution is 0.141. The molecule has 0 spiro atoms. The molecule has 1 unspecified atom stereocenters. The molecule has 3 aromatic rings. The Labute approximate surface area is 212 Å². The molecule has 1 atom stereocenters. The normalized spacial score (nSPS) is 17.0. The second-order valence-electron chi connectivity index (χ2n) is 8.96. The van der Waals surface area contributed by atoms with Gasteiger partial charge in [-0.3, -0.25) is 0 Å². The van der Waals surface area contributed by atoms with Crippen LogP contribution in [-0.2, 0) is 27.1 Å². The molecule has 1 fully saturated rings. The molecule has 9 heteroatoms. The van der Waals surface area contributed by atoms with Crippen LogP contribution in [0.3, 0.4) is 0 Å². The SMILES string of the molecule is CCOCCCn1c(SCc2cccc(C#N)c2)nc2cc(S(=O)(=O)N3CCCC(C)C3)ccc21. The zero-order valence-corrected chi connectivity index (χ0v) is 21.9. The molecule has 4 rings (SSSR count). The van der Waals surface area contributed by atoms with E-state index in [2.05, 4.69) is 17.6 Å². The minimum atomic E-state index is -3.55. The lowest BCUT2D eigenvalue weighted by Crippen LogP contribution is -2.39. The summed E-state index contributed by atoms with van der Waals surface area (Å²) in [5.41, 5.74) is 3.28. The van der Waals surface area contributed by atoms with Crippen molar-refractivity contribution in [1.29, 1.82) is 5.26 Å². The molecule has 0 N–H and O–H groups in total. The summed E-state index contributed by atoms with van der Waals surface area (Å²) in [6.45, 7) is 7.28. The van der Waals surface area contributed by atoms with Crippen LogP contribution in [-0.4, -0.2) is 48.6 Å². The van der Waals surface area contributed by atoms with E-state index in [0.717, 1.165) is 42.0 Å². The van der Waals surface area contributed by atoms with Gasteiger partial charge in [0, 0.05) is 38.6 Å². The lowest BCUT2D eigenvalue weighted by Gasteiger charge is -2.30. The molecule has 2 heterocycles. The molecule has 2 aromatic carbocycles. The fourth-order valence-electron chi connectivity index (χ4n) is 4.44. The van der Waals surface area contributed by atoms with Crippen molar-refractivity contribution in [2.24, 2.45) is 5.92 Å². The smallest absolute Gasteiger partial charge is 0.243 e. The largest absolute Gasteiger partial charge is 0.382 e. The maximum atomic E-state index is 13.3. The number of aryl methyl sites for hydroxylation is 1. The third kappa shape index (κ3) is 6.07. The molecular formula is C26H32N4O3S2. The molecule has 1 aliphatic rings. The predicted molar refractivity (Wildman–Crippen MR) is 139 cm³/mol. The number of ether oxygens (including phenoxy) is 1. The second kappa shape index (κ2) is 11.6. The van der Waals surface area contributed by atoms with E-state index >= 15 is 0 Å². The van der Waals surface area contributed by atoms with Crippen molar-refractivity contribution < 1.29 is 13.2 Å². The maximum absolute atomic E-state index is 13.3. The van der Waals surface area contributed by atoms with Gasteiger partial charge in [0.15, 0.2) is 5.16 Å². The van der Waals surface area contributed by atoms with Crippen LogP contribution in [0.4, 0.5) is 0 Å². The number of nitriles is 1.